The molecule has 0 aliphatic carbocycles. The molecule has 0 atom stereocenters. The van der Waals surface area contributed by atoms with E-state index in [9.17, 15) is 4.79 Å². The minimum absolute atomic E-state index is 0.125. The summed E-state index contributed by atoms with van der Waals surface area (Å²) in [7, 11) is 0. The Hall–Kier alpha value is -2.80. The molecule has 0 saturated carbocycles. The second-order valence-corrected chi connectivity index (χ2v) is 4.98. The summed E-state index contributed by atoms with van der Waals surface area (Å²) in [4.78, 5) is 20.4. The number of amides is 1. The molecule has 2 aromatic heterocycles. The van der Waals surface area contributed by atoms with Crippen molar-refractivity contribution in [3.05, 3.63) is 34.7 Å². The topological polar surface area (TPSA) is 121 Å². The van der Waals surface area contributed by atoms with Crippen molar-refractivity contribution in [2.45, 2.75) is 18.8 Å². The molecule has 0 aromatic carbocycles. The summed E-state index contributed by atoms with van der Waals surface area (Å²) >= 11 is 0. The zero-order valence-corrected chi connectivity index (χ0v) is 11.8. The van der Waals surface area contributed by atoms with Gasteiger partial charge in [0.05, 0.1) is 6.26 Å². The maximum atomic E-state index is 11.8. The average molecular weight is 302 g/mol. The lowest BCUT2D eigenvalue weighted by Gasteiger charge is -2.30. The molecule has 1 saturated heterocycles. The lowest BCUT2D eigenvalue weighted by atomic mass is 9.97. The van der Waals surface area contributed by atoms with Crippen LogP contribution in [-0.2, 0) is 4.79 Å². The van der Waals surface area contributed by atoms with E-state index in [0.717, 1.165) is 12.8 Å². The zero-order valence-electron chi connectivity index (χ0n) is 11.8. The molecule has 1 fully saturated rings. The highest BCUT2D eigenvalue weighted by Crippen LogP contribution is 2.28. The van der Waals surface area contributed by atoms with Crippen LogP contribution in [-0.4, -0.2) is 40.6 Å². The number of nitrogens with zero attached hydrogens (tertiary/aromatic N) is 6. The summed E-state index contributed by atoms with van der Waals surface area (Å²) in [5.74, 6) is 1.53. The van der Waals surface area contributed by atoms with Gasteiger partial charge < -0.3 is 13.8 Å². The molecule has 9 nitrogen and oxygen atoms in total. The van der Waals surface area contributed by atoms with Gasteiger partial charge in [0.15, 0.2) is 5.76 Å². The Morgan fingerprint density at radius 3 is 3.00 bits per heavy atom. The van der Waals surface area contributed by atoms with Crippen LogP contribution in [0.3, 0.4) is 0 Å². The first-order valence-corrected chi connectivity index (χ1v) is 6.94. The minimum atomic E-state index is -0.155. The van der Waals surface area contributed by atoms with Gasteiger partial charge in [-0.2, -0.15) is 4.98 Å². The zero-order chi connectivity index (χ0) is 15.4. The van der Waals surface area contributed by atoms with Gasteiger partial charge in [0, 0.05) is 23.9 Å². The lowest BCUT2D eigenvalue weighted by molar-refractivity contribution is -0.130. The van der Waals surface area contributed by atoms with Crippen LogP contribution in [0.25, 0.3) is 22.0 Å². The Balaban J connectivity index is 1.60. The van der Waals surface area contributed by atoms with Gasteiger partial charge in [0.25, 0.3) is 0 Å². The molecule has 0 spiro atoms. The first kappa shape index (κ1) is 14.2. The Bertz CT molecular complexity index is 680. The van der Waals surface area contributed by atoms with Crippen LogP contribution in [0.4, 0.5) is 0 Å². The summed E-state index contributed by atoms with van der Waals surface area (Å²) in [6.45, 7) is 1.04. The number of rotatable bonds is 4. The molecule has 2 aromatic rings. The first-order chi connectivity index (χ1) is 10.8. The summed E-state index contributed by atoms with van der Waals surface area (Å²) in [6.07, 6.45) is 3.03. The van der Waals surface area contributed by atoms with Crippen molar-refractivity contribution < 1.29 is 13.7 Å². The molecule has 3 heterocycles. The normalized spacial score (nSPS) is 15.5. The Morgan fingerprint density at radius 1 is 1.50 bits per heavy atom. The quantitative estimate of drug-likeness (QED) is 0.487. The maximum absolute atomic E-state index is 11.8. The molecular formula is C13H14N6O3. The van der Waals surface area contributed by atoms with E-state index < -0.39 is 0 Å². The van der Waals surface area contributed by atoms with Gasteiger partial charge in [-0.15, -0.1) is 0 Å². The highest BCUT2D eigenvalue weighted by atomic mass is 16.5. The van der Waals surface area contributed by atoms with Gasteiger partial charge in [-0.05, 0) is 30.5 Å². The highest BCUT2D eigenvalue weighted by molar-refractivity contribution is 5.78. The van der Waals surface area contributed by atoms with Crippen molar-refractivity contribution in [1.29, 1.82) is 0 Å². The lowest BCUT2D eigenvalue weighted by Crippen LogP contribution is -2.39. The smallest absolute Gasteiger partial charge is 0.238 e. The van der Waals surface area contributed by atoms with Gasteiger partial charge in [-0.1, -0.05) is 10.3 Å². The molecule has 1 amide bonds. The van der Waals surface area contributed by atoms with E-state index in [0.29, 0.717) is 30.6 Å². The molecule has 1 aliphatic heterocycles. The minimum Gasteiger partial charge on any atom is -0.461 e. The fourth-order valence-corrected chi connectivity index (χ4v) is 2.47. The van der Waals surface area contributed by atoms with E-state index in [1.165, 1.54) is 0 Å². The van der Waals surface area contributed by atoms with Crippen LogP contribution in [0.1, 0.15) is 24.7 Å². The van der Waals surface area contributed by atoms with Gasteiger partial charge in [0.1, 0.15) is 6.54 Å². The monoisotopic (exact) mass is 302 g/mol. The molecular weight excluding hydrogens is 288 g/mol. The Kier molecular flexibility index (Phi) is 4.06. The van der Waals surface area contributed by atoms with E-state index >= 15 is 0 Å². The number of carbonyl (C=O) groups excluding carboxylic acids is 1. The predicted octanol–water partition coefficient (Wildman–Crippen LogP) is 2.35. The highest BCUT2D eigenvalue weighted by Gasteiger charge is 2.27. The number of piperidine rings is 1. The van der Waals surface area contributed by atoms with Gasteiger partial charge in [-0.25, -0.2) is 0 Å². The van der Waals surface area contributed by atoms with Crippen molar-refractivity contribution in [3.8, 4) is 11.6 Å². The second-order valence-electron chi connectivity index (χ2n) is 4.98. The number of carbonyl (C=O) groups is 1. The fourth-order valence-electron chi connectivity index (χ4n) is 2.47. The van der Waals surface area contributed by atoms with Crippen molar-refractivity contribution in [1.82, 2.24) is 15.0 Å². The largest absolute Gasteiger partial charge is 0.461 e. The third kappa shape index (κ3) is 2.94. The number of hydrogen-bond acceptors (Lipinski definition) is 6. The molecule has 9 heteroatoms. The predicted molar refractivity (Wildman–Crippen MR) is 74.6 cm³/mol. The van der Waals surface area contributed by atoms with E-state index in [1.807, 2.05) is 0 Å². The second kappa shape index (κ2) is 6.31. The third-order valence-corrected chi connectivity index (χ3v) is 3.65. The van der Waals surface area contributed by atoms with Gasteiger partial charge in [0.2, 0.25) is 17.6 Å². The van der Waals surface area contributed by atoms with Crippen LogP contribution < -0.4 is 0 Å². The molecule has 0 bridgehead atoms. The summed E-state index contributed by atoms with van der Waals surface area (Å²) in [6, 6.07) is 3.53. The van der Waals surface area contributed by atoms with E-state index in [-0.39, 0.29) is 18.4 Å². The third-order valence-electron chi connectivity index (χ3n) is 3.65. The maximum Gasteiger partial charge on any atom is 0.238 e. The van der Waals surface area contributed by atoms with E-state index in [1.54, 1.807) is 23.3 Å². The average Bonchev–Trinajstić information content (AvgIpc) is 3.23. The van der Waals surface area contributed by atoms with Crippen LogP contribution in [0.5, 0.6) is 0 Å². The molecule has 0 unspecified atom stereocenters. The molecule has 0 radical (unpaired) electrons. The summed E-state index contributed by atoms with van der Waals surface area (Å²) in [5, 5.41) is 7.21. The molecule has 3 rings (SSSR count). The standard InChI is InChI=1S/C13H14N6O3/c14-18-15-8-11(20)19-5-3-9(4-6-19)13-16-12(17-22-13)10-2-1-7-21-10/h1-2,7,9H,3-6,8H2. The number of azide groups is 1. The van der Waals surface area contributed by atoms with Crippen molar-refractivity contribution in [2.24, 2.45) is 5.11 Å². The van der Waals surface area contributed by atoms with Crippen LogP contribution in [0.2, 0.25) is 0 Å². The Labute approximate surface area is 125 Å². The number of aromatic nitrogens is 2. The van der Waals surface area contributed by atoms with Crippen molar-refractivity contribution in [3.63, 3.8) is 0 Å². The van der Waals surface area contributed by atoms with E-state index in [4.69, 9.17) is 14.5 Å². The fraction of sp³-hybridized carbons (Fsp3) is 0.462. The first-order valence-electron chi connectivity index (χ1n) is 6.94. The van der Waals surface area contributed by atoms with Crippen LogP contribution in [0, 0.1) is 0 Å². The number of likely N-dealkylation sites (tertiary alicyclic amines) is 1. The van der Waals surface area contributed by atoms with Gasteiger partial charge in [-0.3, -0.25) is 4.79 Å². The van der Waals surface area contributed by atoms with Crippen LogP contribution in [0.15, 0.2) is 32.5 Å². The number of hydrogen-bond donors (Lipinski definition) is 0. The Morgan fingerprint density at radius 2 is 2.32 bits per heavy atom. The molecule has 22 heavy (non-hydrogen) atoms. The van der Waals surface area contributed by atoms with Gasteiger partial charge >= 0.3 is 0 Å². The summed E-state index contributed by atoms with van der Waals surface area (Å²) in [5.41, 5.74) is 8.24. The number of furan rings is 1. The van der Waals surface area contributed by atoms with Crippen molar-refractivity contribution in [2.75, 3.05) is 19.6 Å². The van der Waals surface area contributed by atoms with Crippen molar-refractivity contribution >= 4 is 5.91 Å². The molecule has 1 aliphatic rings. The molecule has 0 N–H and O–H groups in total. The van der Waals surface area contributed by atoms with E-state index in [2.05, 4.69) is 20.2 Å². The SMILES string of the molecule is [N-]=[N+]=NCC(=O)N1CCC(c2nc(-c3ccco3)no2)CC1. The van der Waals surface area contributed by atoms with Crippen LogP contribution >= 0.6 is 0 Å². The molecule has 114 valence electrons. The summed E-state index contributed by atoms with van der Waals surface area (Å²) < 4.78 is 10.5.